The number of halogens is 1. The summed E-state index contributed by atoms with van der Waals surface area (Å²) in [6.45, 7) is 4.74. The van der Waals surface area contributed by atoms with Gasteiger partial charge in [0.2, 0.25) is 0 Å². The predicted octanol–water partition coefficient (Wildman–Crippen LogP) is 2.87. The Morgan fingerprint density at radius 3 is 2.95 bits per heavy atom. The molecule has 0 radical (unpaired) electrons. The highest BCUT2D eigenvalue weighted by Gasteiger charge is 2.39. The van der Waals surface area contributed by atoms with Crippen molar-refractivity contribution in [3.63, 3.8) is 0 Å². The first-order valence-corrected chi connectivity index (χ1v) is 7.96. The summed E-state index contributed by atoms with van der Waals surface area (Å²) in [4.78, 5) is 4.72. The fourth-order valence-electron chi connectivity index (χ4n) is 3.42. The molecule has 0 amide bonds. The summed E-state index contributed by atoms with van der Waals surface area (Å²) in [5.41, 5.74) is 0.987. The number of hydrogen-bond acceptors (Lipinski definition) is 3. The third-order valence-electron chi connectivity index (χ3n) is 4.78. The first kappa shape index (κ1) is 14.5. The monoisotopic (exact) mass is 289 g/mol. The highest BCUT2D eigenvalue weighted by Crippen LogP contribution is 2.33. The molecule has 1 spiro atoms. The van der Waals surface area contributed by atoms with Gasteiger partial charge in [-0.25, -0.2) is 4.39 Å². The molecule has 2 N–H and O–H groups in total. The topological polar surface area (TPSA) is 36.4 Å². The van der Waals surface area contributed by atoms with Gasteiger partial charge in [0.1, 0.15) is 11.7 Å². The van der Waals surface area contributed by atoms with Crippen molar-refractivity contribution in [1.29, 1.82) is 0 Å². The molecule has 4 heteroatoms. The van der Waals surface area contributed by atoms with Crippen molar-refractivity contribution in [2.45, 2.75) is 44.7 Å². The van der Waals surface area contributed by atoms with E-state index in [1.54, 1.807) is 12.1 Å². The van der Waals surface area contributed by atoms with Crippen LogP contribution in [-0.4, -0.2) is 24.5 Å². The zero-order valence-corrected chi connectivity index (χ0v) is 12.7. The Hall–Kier alpha value is -1.42. The number of hydrogen-bond donors (Lipinski definition) is 2. The van der Waals surface area contributed by atoms with Gasteiger partial charge in [-0.1, -0.05) is 19.1 Å². The molecule has 21 heavy (non-hydrogen) atoms. The lowest BCUT2D eigenvalue weighted by atomic mass is 9.75. The third-order valence-corrected chi connectivity index (χ3v) is 4.78. The summed E-state index contributed by atoms with van der Waals surface area (Å²) in [7, 11) is 0. The molecule has 1 aromatic carbocycles. The van der Waals surface area contributed by atoms with Crippen LogP contribution in [0.5, 0.6) is 0 Å². The Labute approximate surface area is 126 Å². The highest BCUT2D eigenvalue weighted by molar-refractivity contribution is 5.92. The lowest BCUT2D eigenvalue weighted by Crippen LogP contribution is -2.61. The molecule has 2 aliphatic rings. The van der Waals surface area contributed by atoms with Gasteiger partial charge in [-0.3, -0.25) is 4.99 Å². The number of amidine groups is 1. The van der Waals surface area contributed by atoms with Crippen molar-refractivity contribution in [2.24, 2.45) is 10.9 Å². The van der Waals surface area contributed by atoms with E-state index in [4.69, 9.17) is 4.99 Å². The van der Waals surface area contributed by atoms with Gasteiger partial charge in [-0.05, 0) is 49.3 Å². The van der Waals surface area contributed by atoms with Gasteiger partial charge < -0.3 is 10.6 Å². The van der Waals surface area contributed by atoms with Crippen molar-refractivity contribution in [2.75, 3.05) is 13.1 Å². The summed E-state index contributed by atoms with van der Waals surface area (Å²) in [5, 5.41) is 7.15. The maximum absolute atomic E-state index is 13.3. The zero-order chi connectivity index (χ0) is 14.7. The van der Waals surface area contributed by atoms with Crippen molar-refractivity contribution in [1.82, 2.24) is 10.6 Å². The molecule has 1 fully saturated rings. The summed E-state index contributed by atoms with van der Waals surface area (Å²) in [6.07, 6.45) is 4.77. The highest BCUT2D eigenvalue weighted by atomic mass is 19.1. The summed E-state index contributed by atoms with van der Waals surface area (Å²) < 4.78 is 13.3. The number of benzene rings is 1. The molecule has 1 saturated carbocycles. The second-order valence-electron chi connectivity index (χ2n) is 6.41. The maximum Gasteiger partial charge on any atom is 0.123 e. The Morgan fingerprint density at radius 2 is 2.19 bits per heavy atom. The molecule has 3 rings (SSSR count). The quantitative estimate of drug-likeness (QED) is 0.878. The minimum atomic E-state index is -0.181. The van der Waals surface area contributed by atoms with Crippen LogP contribution in [0.3, 0.4) is 0 Å². The van der Waals surface area contributed by atoms with E-state index in [-0.39, 0.29) is 11.4 Å². The fraction of sp³-hybridized carbons (Fsp3) is 0.588. The van der Waals surface area contributed by atoms with Crippen molar-refractivity contribution >= 4 is 5.84 Å². The van der Waals surface area contributed by atoms with Crippen LogP contribution in [0.25, 0.3) is 0 Å². The first-order chi connectivity index (χ1) is 10.2. The van der Waals surface area contributed by atoms with Gasteiger partial charge in [-0.2, -0.15) is 0 Å². The minimum absolute atomic E-state index is 0.0259. The number of nitrogens with zero attached hydrogens (tertiary/aromatic N) is 1. The Bertz CT molecular complexity index is 519. The zero-order valence-electron chi connectivity index (χ0n) is 12.7. The normalized spacial score (nSPS) is 29.2. The third kappa shape index (κ3) is 3.26. The maximum atomic E-state index is 13.3. The molecule has 1 aromatic rings. The predicted molar refractivity (Wildman–Crippen MR) is 83.9 cm³/mol. The lowest BCUT2D eigenvalue weighted by Gasteiger charge is -2.43. The first-order valence-electron chi connectivity index (χ1n) is 7.96. The van der Waals surface area contributed by atoms with Crippen LogP contribution in [0.15, 0.2) is 29.3 Å². The molecule has 0 bridgehead atoms. The second kappa shape index (κ2) is 6.14. The van der Waals surface area contributed by atoms with E-state index in [0.29, 0.717) is 6.54 Å². The van der Waals surface area contributed by atoms with E-state index in [0.717, 1.165) is 43.2 Å². The van der Waals surface area contributed by atoms with Crippen LogP contribution in [0.4, 0.5) is 4.39 Å². The van der Waals surface area contributed by atoms with E-state index in [2.05, 4.69) is 17.6 Å². The molecule has 0 atom stereocenters. The molecular formula is C17H24FN3. The average Bonchev–Trinajstić information content (AvgIpc) is 2.50. The van der Waals surface area contributed by atoms with Crippen LogP contribution < -0.4 is 10.6 Å². The van der Waals surface area contributed by atoms with Crippen LogP contribution in [-0.2, 0) is 6.54 Å². The van der Waals surface area contributed by atoms with Crippen molar-refractivity contribution in [3.8, 4) is 0 Å². The Balaban J connectivity index is 1.69. The number of aliphatic imine (C=N–C) groups is 1. The van der Waals surface area contributed by atoms with E-state index in [9.17, 15) is 4.39 Å². The van der Waals surface area contributed by atoms with E-state index in [1.807, 2.05) is 6.07 Å². The molecule has 114 valence electrons. The summed E-state index contributed by atoms with van der Waals surface area (Å²) >= 11 is 0. The minimum Gasteiger partial charge on any atom is -0.368 e. The molecule has 3 nitrogen and oxygen atoms in total. The number of rotatable bonds is 2. The number of nitrogens with one attached hydrogen (secondary N) is 2. The van der Waals surface area contributed by atoms with E-state index >= 15 is 0 Å². The smallest absolute Gasteiger partial charge is 0.123 e. The van der Waals surface area contributed by atoms with Gasteiger partial charge >= 0.3 is 0 Å². The van der Waals surface area contributed by atoms with Gasteiger partial charge in [0.15, 0.2) is 0 Å². The Morgan fingerprint density at radius 1 is 1.38 bits per heavy atom. The van der Waals surface area contributed by atoms with Crippen LogP contribution >= 0.6 is 0 Å². The molecular weight excluding hydrogens is 265 g/mol. The van der Waals surface area contributed by atoms with Crippen LogP contribution in [0.1, 0.15) is 38.2 Å². The molecule has 0 saturated heterocycles. The lowest BCUT2D eigenvalue weighted by molar-refractivity contribution is 0.251. The van der Waals surface area contributed by atoms with Gasteiger partial charge in [0.25, 0.3) is 0 Å². The summed E-state index contributed by atoms with van der Waals surface area (Å²) in [5.74, 6) is 1.70. The SMILES string of the molecule is CC1CCC2(CC1)NCCN=C2NCc1cccc(F)c1. The molecule has 0 unspecified atom stereocenters. The molecule has 1 heterocycles. The van der Waals surface area contributed by atoms with Crippen molar-refractivity contribution < 1.29 is 4.39 Å². The Kier molecular flexibility index (Phi) is 4.24. The molecule has 0 aromatic heterocycles. The second-order valence-corrected chi connectivity index (χ2v) is 6.41. The van der Waals surface area contributed by atoms with Crippen LogP contribution in [0.2, 0.25) is 0 Å². The van der Waals surface area contributed by atoms with Crippen LogP contribution in [0, 0.1) is 11.7 Å². The van der Waals surface area contributed by atoms with Gasteiger partial charge in [-0.15, -0.1) is 0 Å². The van der Waals surface area contributed by atoms with Gasteiger partial charge in [0.05, 0.1) is 12.1 Å². The van der Waals surface area contributed by atoms with Gasteiger partial charge in [0, 0.05) is 13.1 Å². The summed E-state index contributed by atoms with van der Waals surface area (Å²) in [6, 6.07) is 6.76. The fourth-order valence-corrected chi connectivity index (χ4v) is 3.42. The average molecular weight is 289 g/mol. The van der Waals surface area contributed by atoms with E-state index in [1.165, 1.54) is 18.9 Å². The van der Waals surface area contributed by atoms with Crippen molar-refractivity contribution in [3.05, 3.63) is 35.6 Å². The standard InChI is InChI=1S/C17H24FN3/c1-13-5-7-17(8-6-13)16(19-9-10-21-17)20-12-14-3-2-4-15(18)11-14/h2-4,11,13,21H,5-10,12H2,1H3,(H,19,20). The molecule has 1 aliphatic carbocycles. The molecule has 1 aliphatic heterocycles. The van der Waals surface area contributed by atoms with E-state index < -0.39 is 0 Å². The largest absolute Gasteiger partial charge is 0.368 e.